The van der Waals surface area contributed by atoms with Gasteiger partial charge >= 0.3 is 15.1 Å². The summed E-state index contributed by atoms with van der Waals surface area (Å²) in [6.45, 7) is 5.56. The lowest BCUT2D eigenvalue weighted by Gasteiger charge is -2.34. The third kappa shape index (κ3) is 7.03. The number of methoxy groups -OCH3 is 1. The number of pyridine rings is 1. The number of hydrogen-bond donors (Lipinski definition) is 4. The van der Waals surface area contributed by atoms with Gasteiger partial charge in [0, 0.05) is 35.3 Å². The van der Waals surface area contributed by atoms with Gasteiger partial charge in [0.25, 0.3) is 0 Å². The van der Waals surface area contributed by atoms with Crippen molar-refractivity contribution in [3.8, 4) is 22.8 Å². The van der Waals surface area contributed by atoms with Crippen LogP contribution in [-0.4, -0.2) is 76.8 Å². The Bertz CT molecular complexity index is 1610. The van der Waals surface area contributed by atoms with Gasteiger partial charge < -0.3 is 39.9 Å². The molecule has 12 nitrogen and oxygen atoms in total. The summed E-state index contributed by atoms with van der Waals surface area (Å²) in [7, 11) is -1.65. The number of nitrogens with zero attached hydrogens (tertiary/aromatic N) is 2. The second kappa shape index (κ2) is 12.7. The number of ether oxygens (including phenoxy) is 2. The predicted molar refractivity (Wildman–Crippen MR) is 170 cm³/mol. The van der Waals surface area contributed by atoms with Crippen LogP contribution in [-0.2, 0) is 18.8 Å². The van der Waals surface area contributed by atoms with Gasteiger partial charge in [0.05, 0.1) is 31.6 Å². The first-order valence-electron chi connectivity index (χ1n) is 14.8. The summed E-state index contributed by atoms with van der Waals surface area (Å²) in [5.41, 5.74) is 7.15. The summed E-state index contributed by atoms with van der Waals surface area (Å²) in [6.07, 6.45) is -0.214. The summed E-state index contributed by atoms with van der Waals surface area (Å²) in [4.78, 5) is 53.8. The van der Waals surface area contributed by atoms with E-state index in [0.717, 1.165) is 10.9 Å². The maximum Gasteiger partial charge on any atom is 0.350 e. The molecule has 0 unspecified atom stereocenters. The molecule has 2 fully saturated rings. The van der Waals surface area contributed by atoms with Crippen LogP contribution < -0.4 is 20.5 Å². The molecule has 0 spiro atoms. The average molecular weight is 637 g/mol. The van der Waals surface area contributed by atoms with Crippen LogP contribution in [0.4, 0.5) is 0 Å². The van der Waals surface area contributed by atoms with Crippen molar-refractivity contribution in [1.29, 1.82) is 0 Å². The number of nitrogens with one attached hydrogen (secondary N) is 1. The third-order valence-electron chi connectivity index (χ3n) is 8.36. The summed E-state index contributed by atoms with van der Waals surface area (Å²) >= 11 is 0. The largest absolute Gasteiger partial charge is 0.497 e. The van der Waals surface area contributed by atoms with Gasteiger partial charge in [-0.2, -0.15) is 0 Å². The van der Waals surface area contributed by atoms with Gasteiger partial charge in [-0.1, -0.05) is 51.1 Å². The van der Waals surface area contributed by atoms with E-state index in [9.17, 15) is 23.9 Å². The number of nitrogens with two attached hydrogens (primary N) is 1. The highest BCUT2D eigenvalue weighted by atomic mass is 31.2. The lowest BCUT2D eigenvalue weighted by atomic mass is 9.63. The van der Waals surface area contributed by atoms with Crippen molar-refractivity contribution in [2.24, 2.45) is 11.1 Å². The van der Waals surface area contributed by atoms with E-state index >= 15 is 0 Å². The average Bonchev–Trinajstić information content (AvgIpc) is 3.67. The molecule has 14 heteroatoms. The van der Waals surface area contributed by atoms with E-state index in [4.69, 9.17) is 24.8 Å². The minimum Gasteiger partial charge on any atom is -0.497 e. The number of carbonyl (C=O) groups excluding carboxylic acids is 2. The Morgan fingerprint density at radius 2 is 1.89 bits per heavy atom. The van der Waals surface area contributed by atoms with E-state index < -0.39 is 42.2 Å². The van der Waals surface area contributed by atoms with E-state index in [1.807, 2.05) is 69.3 Å². The van der Waals surface area contributed by atoms with Gasteiger partial charge in [-0.15, -0.1) is 0 Å². The zero-order valence-electron chi connectivity index (χ0n) is 25.8. The molecule has 1 aliphatic carbocycles. The highest BCUT2D eigenvalue weighted by molar-refractivity contribution is 7.54. The Kier molecular flexibility index (Phi) is 9.31. The van der Waals surface area contributed by atoms with Crippen molar-refractivity contribution in [1.82, 2.24) is 15.2 Å². The number of rotatable bonds is 11. The molecule has 5 N–H and O–H groups in total. The fourth-order valence-electron chi connectivity index (χ4n) is 5.60. The third-order valence-corrected chi connectivity index (χ3v) is 10.0. The molecule has 0 bridgehead atoms. The molecule has 1 aliphatic heterocycles. The first-order valence-corrected chi connectivity index (χ1v) is 16.4. The lowest BCUT2D eigenvalue weighted by molar-refractivity contribution is -0.140. The molecule has 2 amide bonds. The molecule has 3 atom stereocenters. The molecule has 2 aromatic carbocycles. The van der Waals surface area contributed by atoms with Gasteiger partial charge in [-0.25, -0.2) is 4.98 Å². The monoisotopic (exact) mass is 637 g/mol. The number of fused-ring (bicyclic) bond motifs is 1. The highest BCUT2D eigenvalue weighted by Crippen LogP contribution is 2.63. The molecular weight excluding hydrogens is 598 g/mol. The van der Waals surface area contributed by atoms with Gasteiger partial charge in [-0.05, 0) is 30.4 Å². The molecule has 45 heavy (non-hydrogen) atoms. The number of aromatic nitrogens is 1. The van der Waals surface area contributed by atoms with Crippen molar-refractivity contribution in [3.05, 3.63) is 54.6 Å². The molecule has 239 valence electrons. The van der Waals surface area contributed by atoms with Crippen molar-refractivity contribution >= 4 is 37.8 Å². The van der Waals surface area contributed by atoms with Crippen LogP contribution in [0.3, 0.4) is 0 Å². The van der Waals surface area contributed by atoms with Crippen LogP contribution in [0, 0.1) is 5.41 Å². The number of benzene rings is 2. The quantitative estimate of drug-likeness (QED) is 0.139. The summed E-state index contributed by atoms with van der Waals surface area (Å²) in [6, 6.07) is 15.9. The molecule has 2 heterocycles. The van der Waals surface area contributed by atoms with Crippen molar-refractivity contribution < 1.29 is 38.1 Å². The minimum atomic E-state index is -4.62. The predicted octanol–water partition coefficient (Wildman–Crippen LogP) is 3.43. The summed E-state index contributed by atoms with van der Waals surface area (Å²) < 4.78 is 29.5. The molecule has 2 aliphatic rings. The van der Waals surface area contributed by atoms with E-state index in [-0.39, 0.29) is 38.4 Å². The number of hydrogen-bond acceptors (Lipinski definition) is 8. The molecule has 1 saturated heterocycles. The Labute approximate surface area is 263 Å². The van der Waals surface area contributed by atoms with Crippen LogP contribution in [0.2, 0.25) is 5.82 Å². The fourth-order valence-corrected chi connectivity index (χ4v) is 6.55. The molecule has 1 radical (unpaired) electrons. The SMILES string of the molecule is COc1ccc2c(O[C@@H]3C[C@@H](C(=O)NC4(P(=O)(O)O)CC4)N(C(=O)[C@@H]([B]OCN)C(C)(C)C)C3)cc(-c3ccccc3)nc2c1. The first-order chi connectivity index (χ1) is 21.3. The Hall–Kier alpha value is -3.48. The first kappa shape index (κ1) is 32.9. The van der Waals surface area contributed by atoms with Crippen molar-refractivity contribution in [3.63, 3.8) is 0 Å². The summed E-state index contributed by atoms with van der Waals surface area (Å²) in [5.74, 6) is -0.636. The van der Waals surface area contributed by atoms with Crippen LogP contribution in [0.5, 0.6) is 11.5 Å². The van der Waals surface area contributed by atoms with Crippen molar-refractivity contribution in [2.45, 2.75) is 63.3 Å². The zero-order valence-corrected chi connectivity index (χ0v) is 26.7. The van der Waals surface area contributed by atoms with E-state index in [1.165, 1.54) is 12.4 Å². The molecule has 3 aromatic rings. The second-order valence-corrected chi connectivity index (χ2v) is 14.6. The van der Waals surface area contributed by atoms with Crippen molar-refractivity contribution in [2.75, 3.05) is 20.4 Å². The standard InChI is InChI=1S/C31H39BN4O8P/c1-30(2,3)27(32-43-18-33)29(38)36-17-21(15-25(36)28(37)35-31(12-13-31)45(39,40)41)44-26-16-23(19-8-6-5-7-9-19)34-24-14-20(42-4)10-11-22(24)26/h5-11,14,16,21,25,27H,12-13,15,17-18,33H2,1-4H3,(H,35,37)(H2,39,40,41)/t21-,25+,27-/m1/s1. The van der Waals surface area contributed by atoms with Crippen LogP contribution in [0.1, 0.15) is 40.0 Å². The molecule has 1 saturated carbocycles. The van der Waals surface area contributed by atoms with Gasteiger partial charge in [-0.3, -0.25) is 14.2 Å². The Balaban J connectivity index is 1.50. The highest BCUT2D eigenvalue weighted by Gasteiger charge is 2.59. The number of likely N-dealkylation sites (tertiary alicyclic amines) is 1. The van der Waals surface area contributed by atoms with Gasteiger partial charge in [0.15, 0.2) is 0 Å². The molecule has 5 rings (SSSR count). The maximum atomic E-state index is 14.1. The second-order valence-electron chi connectivity index (χ2n) is 12.6. The summed E-state index contributed by atoms with van der Waals surface area (Å²) in [5, 5.41) is 1.68. The van der Waals surface area contributed by atoms with E-state index in [1.54, 1.807) is 13.2 Å². The smallest absolute Gasteiger partial charge is 0.350 e. The number of carbonyl (C=O) groups is 2. The molecule has 1 aromatic heterocycles. The topological polar surface area (TPSA) is 174 Å². The Morgan fingerprint density at radius 1 is 1.18 bits per heavy atom. The van der Waals surface area contributed by atoms with E-state index in [2.05, 4.69) is 5.32 Å². The Morgan fingerprint density at radius 3 is 2.49 bits per heavy atom. The fraction of sp³-hybridized carbons (Fsp3) is 0.452. The van der Waals surface area contributed by atoms with Crippen LogP contribution in [0.15, 0.2) is 54.6 Å². The number of amides is 2. The van der Waals surface area contributed by atoms with E-state index in [0.29, 0.717) is 22.7 Å². The zero-order chi connectivity index (χ0) is 32.6. The lowest BCUT2D eigenvalue weighted by Crippen LogP contribution is -2.52. The maximum absolute atomic E-state index is 14.1. The normalized spacial score (nSPS) is 20.0. The molecular formula is C31H39BN4O8P. The van der Waals surface area contributed by atoms with Crippen LogP contribution in [0.25, 0.3) is 22.2 Å². The minimum absolute atomic E-state index is 0.0590. The van der Waals surface area contributed by atoms with Gasteiger partial charge in [0.2, 0.25) is 11.8 Å². The van der Waals surface area contributed by atoms with Gasteiger partial charge in [0.1, 0.15) is 28.9 Å². The van der Waals surface area contributed by atoms with Crippen LogP contribution >= 0.6 is 7.60 Å².